The van der Waals surface area contributed by atoms with Crippen LogP contribution in [0.25, 0.3) is 0 Å². The number of nitrogens with one attached hydrogen (secondary N) is 1. The first-order valence-electron chi connectivity index (χ1n) is 1.92. The maximum atomic E-state index is 11.3. The molecule has 3 nitrogen and oxygen atoms in total. The number of carbonyl (C=O) groups is 1. The Morgan fingerprint density at radius 1 is 1.56 bits per heavy atom. The second-order valence-electron chi connectivity index (χ2n) is 1.33. The second-order valence-corrected chi connectivity index (χ2v) is 1.33. The summed E-state index contributed by atoms with van der Waals surface area (Å²) in [6, 6.07) is -1.76. The summed E-state index contributed by atoms with van der Waals surface area (Å²) in [4.78, 5) is 9.04. The lowest BCUT2D eigenvalue weighted by molar-refractivity contribution is -0.214. The molecule has 0 saturated carbocycles. The van der Waals surface area contributed by atoms with E-state index in [0.717, 1.165) is 0 Å². The minimum Gasteiger partial charge on any atom is -0.247 e. The zero-order valence-electron chi connectivity index (χ0n) is 4.49. The third kappa shape index (κ3) is 2.20. The number of hydrogen-bond acceptors (Lipinski definition) is 1. The van der Waals surface area contributed by atoms with Crippen LogP contribution in [0.4, 0.5) is 18.0 Å². The van der Waals surface area contributed by atoms with Crippen molar-refractivity contribution >= 4 is 6.03 Å². The summed E-state index contributed by atoms with van der Waals surface area (Å²) < 4.78 is 33.9. The molecule has 1 N–H and O–H groups in total. The molecule has 0 rings (SSSR count). The molecule has 0 atom stereocenters. The van der Waals surface area contributed by atoms with Crippen LogP contribution in [-0.2, 0) is 0 Å². The number of hydrogen-bond donors (Lipinski definition) is 0. The Bertz CT molecular complexity index is 121. The van der Waals surface area contributed by atoms with Gasteiger partial charge in [-0.2, -0.15) is 0 Å². The Labute approximate surface area is 49.2 Å². The van der Waals surface area contributed by atoms with Gasteiger partial charge in [-0.25, -0.2) is 15.4 Å². The lowest BCUT2D eigenvalue weighted by atomic mass is 10.8. The van der Waals surface area contributed by atoms with Crippen molar-refractivity contribution in [3.8, 4) is 0 Å². The van der Waals surface area contributed by atoms with E-state index in [1.54, 1.807) is 0 Å². The summed E-state index contributed by atoms with van der Waals surface area (Å²) in [5.41, 5.74) is 6.01. The van der Waals surface area contributed by atoms with E-state index in [9.17, 15) is 18.0 Å². The molecular weight excluding hydrogens is 137 g/mol. The van der Waals surface area contributed by atoms with Crippen molar-refractivity contribution in [2.45, 2.75) is 6.30 Å². The Hall–Kier alpha value is -0.940. The van der Waals surface area contributed by atoms with Crippen LogP contribution in [0.3, 0.4) is 0 Å². The normalized spacial score (nSPS) is 11.1. The molecule has 0 aliphatic heterocycles. The van der Waals surface area contributed by atoms with Crippen molar-refractivity contribution in [3.05, 3.63) is 0 Å². The van der Waals surface area contributed by atoms with Gasteiger partial charge in [0.15, 0.2) is 0 Å². The van der Waals surface area contributed by atoms with E-state index < -0.39 is 17.2 Å². The summed E-state index contributed by atoms with van der Waals surface area (Å²) in [5.74, 6) is 0. The Morgan fingerprint density at radius 2 is 1.89 bits per heavy atom. The van der Waals surface area contributed by atoms with Gasteiger partial charge in [0.25, 0.3) is 0 Å². The fourth-order valence-corrected chi connectivity index (χ4v) is 0.115. The average Bonchev–Trinajstić information content (AvgIpc) is 1.62. The van der Waals surface area contributed by atoms with E-state index in [4.69, 9.17) is 5.73 Å². The molecule has 0 spiro atoms. The highest BCUT2D eigenvalue weighted by Gasteiger charge is 2.36. The van der Waals surface area contributed by atoms with Crippen molar-refractivity contribution in [1.29, 1.82) is 0 Å². The lowest BCUT2D eigenvalue weighted by Crippen LogP contribution is -2.38. The summed E-state index contributed by atoms with van der Waals surface area (Å²) in [7, 11) is 0.495. The van der Waals surface area contributed by atoms with Gasteiger partial charge in [-0.3, -0.25) is 0 Å². The Morgan fingerprint density at radius 3 is 1.89 bits per heavy atom. The van der Waals surface area contributed by atoms with Gasteiger partial charge in [-0.1, -0.05) is 0 Å². The zero-order valence-corrected chi connectivity index (χ0v) is 4.49. The predicted molar refractivity (Wildman–Crippen MR) is 22.3 cm³/mol. The van der Waals surface area contributed by atoms with E-state index in [1.165, 1.54) is 0 Å². The van der Waals surface area contributed by atoms with Gasteiger partial charge >= 0.3 is 12.3 Å². The van der Waals surface area contributed by atoms with Crippen LogP contribution < -0.4 is 5.73 Å². The summed E-state index contributed by atoms with van der Waals surface area (Å²) in [6.07, 6.45) is -4.72. The Balaban J connectivity index is 4.04. The first-order chi connectivity index (χ1) is 3.85. The van der Waals surface area contributed by atoms with Gasteiger partial charge in [-0.05, 0) is 0 Å². The molecule has 0 heterocycles. The van der Waals surface area contributed by atoms with Crippen molar-refractivity contribution < 1.29 is 18.0 Å². The molecule has 0 saturated heterocycles. The fraction of sp³-hybridized carbons (Fsp3) is 0.667. The molecule has 9 heavy (non-hydrogen) atoms. The van der Waals surface area contributed by atoms with E-state index in [1.807, 2.05) is 0 Å². The molecule has 2 amide bonds. The van der Waals surface area contributed by atoms with Crippen molar-refractivity contribution in [3.63, 3.8) is 0 Å². The van der Waals surface area contributed by atoms with Crippen molar-refractivity contribution in [1.82, 2.24) is 10.6 Å². The molecule has 0 aromatic carbocycles. The minimum atomic E-state index is -4.72. The maximum Gasteiger partial charge on any atom is 0.488 e. The van der Waals surface area contributed by atoms with Crippen molar-refractivity contribution in [2.24, 2.45) is 0 Å². The molecule has 0 aliphatic rings. The number of carbonyl (C=O) groups excluding carboxylic acids is 1. The molecule has 0 aromatic heterocycles. The average molecular weight is 141 g/mol. The number of amides is 2. The number of halogens is 3. The van der Waals surface area contributed by atoms with E-state index in [0.29, 0.717) is 7.05 Å². The van der Waals surface area contributed by atoms with Crippen molar-refractivity contribution in [2.75, 3.05) is 7.05 Å². The molecule has 53 valence electrons. The molecule has 6 heteroatoms. The first kappa shape index (κ1) is 8.06. The quantitative estimate of drug-likeness (QED) is 0.461. The van der Waals surface area contributed by atoms with Gasteiger partial charge in [0.1, 0.15) is 0 Å². The van der Waals surface area contributed by atoms with Crippen LogP contribution in [0.15, 0.2) is 0 Å². The topological polar surface area (TPSA) is 44.1 Å². The van der Waals surface area contributed by atoms with Crippen LogP contribution in [0.5, 0.6) is 0 Å². The van der Waals surface area contributed by atoms with Crippen LogP contribution in [0.1, 0.15) is 0 Å². The van der Waals surface area contributed by atoms with E-state index in [2.05, 4.69) is 0 Å². The third-order valence-corrected chi connectivity index (χ3v) is 0.685. The molecule has 0 unspecified atom stereocenters. The Kier molecular flexibility index (Phi) is 1.90. The maximum absolute atomic E-state index is 11.3. The van der Waals surface area contributed by atoms with E-state index >= 15 is 0 Å². The lowest BCUT2D eigenvalue weighted by Gasteiger charge is -2.15. The summed E-state index contributed by atoms with van der Waals surface area (Å²) in [6.45, 7) is 0. The van der Waals surface area contributed by atoms with Crippen LogP contribution in [0, 0.1) is 0 Å². The summed E-state index contributed by atoms with van der Waals surface area (Å²) >= 11 is 0. The number of urea groups is 1. The van der Waals surface area contributed by atoms with E-state index in [-0.39, 0.29) is 0 Å². The standard InChI is InChI=1S/C3H4F3N2O/c1-8(2(7)9)3(4,5)6/h7H,1H3. The highest BCUT2D eigenvalue weighted by molar-refractivity contribution is 5.71. The first-order valence-corrected chi connectivity index (χ1v) is 1.92. The van der Waals surface area contributed by atoms with Gasteiger partial charge in [0.2, 0.25) is 0 Å². The number of alkyl halides is 3. The minimum absolute atomic E-state index is 0.495. The number of rotatable bonds is 0. The molecule has 0 aliphatic carbocycles. The van der Waals surface area contributed by atoms with Crippen LogP contribution in [-0.4, -0.2) is 24.3 Å². The zero-order chi connectivity index (χ0) is 7.65. The summed E-state index contributed by atoms with van der Waals surface area (Å²) in [5, 5.41) is 0. The van der Waals surface area contributed by atoms with Gasteiger partial charge in [-0.15, -0.1) is 13.2 Å². The molecule has 1 radical (unpaired) electrons. The molecule has 0 bridgehead atoms. The SMILES string of the molecule is CN(C([NH])=O)C(F)(F)F. The van der Waals surface area contributed by atoms with Crippen LogP contribution in [0.2, 0.25) is 0 Å². The van der Waals surface area contributed by atoms with Crippen LogP contribution >= 0.6 is 0 Å². The third-order valence-electron chi connectivity index (χ3n) is 0.685. The highest BCUT2D eigenvalue weighted by Crippen LogP contribution is 2.18. The monoisotopic (exact) mass is 141 g/mol. The highest BCUT2D eigenvalue weighted by atomic mass is 19.4. The largest absolute Gasteiger partial charge is 0.488 e. The smallest absolute Gasteiger partial charge is 0.247 e. The molecule has 0 aromatic rings. The molecule has 0 fully saturated rings. The van der Waals surface area contributed by atoms with Gasteiger partial charge in [0, 0.05) is 7.05 Å². The van der Waals surface area contributed by atoms with Gasteiger partial charge < -0.3 is 0 Å². The second kappa shape index (κ2) is 2.12. The molecular formula is C3H4F3N2O. The number of nitrogens with zero attached hydrogens (tertiary/aromatic N) is 1. The predicted octanol–water partition coefficient (Wildman–Crippen LogP) is 0.841. The fourth-order valence-electron chi connectivity index (χ4n) is 0.115. The van der Waals surface area contributed by atoms with Gasteiger partial charge in [0.05, 0.1) is 0 Å².